The summed E-state index contributed by atoms with van der Waals surface area (Å²) in [5.41, 5.74) is 1.31. The van der Waals surface area contributed by atoms with Crippen molar-refractivity contribution >= 4 is 35.0 Å². The van der Waals surface area contributed by atoms with Gasteiger partial charge >= 0.3 is 0 Å². The average Bonchev–Trinajstić information content (AvgIpc) is 2.87. The van der Waals surface area contributed by atoms with Crippen molar-refractivity contribution in [3.8, 4) is 0 Å². The van der Waals surface area contributed by atoms with Crippen molar-refractivity contribution in [3.63, 3.8) is 0 Å². The van der Waals surface area contributed by atoms with Crippen molar-refractivity contribution in [2.24, 2.45) is 11.1 Å². The van der Waals surface area contributed by atoms with Gasteiger partial charge in [-0.05, 0) is 48.9 Å². The molecule has 0 bridgehead atoms. The maximum absolute atomic E-state index is 10.3. The molecule has 124 valence electrons. The van der Waals surface area contributed by atoms with Gasteiger partial charge in [0.1, 0.15) is 0 Å². The van der Waals surface area contributed by atoms with E-state index in [0.717, 1.165) is 17.2 Å². The number of fused-ring (bicyclic) bond motifs is 1. The summed E-state index contributed by atoms with van der Waals surface area (Å²) in [6.45, 7) is 5.47. The largest absolute Gasteiger partial charge is 0.314 e. The molecule has 1 aliphatic heterocycles. The summed E-state index contributed by atoms with van der Waals surface area (Å²) in [5, 5.41) is 19.2. The van der Waals surface area contributed by atoms with E-state index in [9.17, 15) is 10.1 Å². The molecule has 2 atom stereocenters. The van der Waals surface area contributed by atoms with Crippen LogP contribution in [0.3, 0.4) is 0 Å². The molecule has 2 unspecified atom stereocenters. The fourth-order valence-electron chi connectivity index (χ4n) is 2.35. The van der Waals surface area contributed by atoms with Crippen LogP contribution >= 0.6 is 35.0 Å². The summed E-state index contributed by atoms with van der Waals surface area (Å²) in [6, 6.07) is 2.45. The Labute approximate surface area is 142 Å². The number of hydrogen-bond donors (Lipinski definition) is 2. The van der Waals surface area contributed by atoms with Crippen LogP contribution in [-0.2, 0) is 4.84 Å². The first-order valence-electron chi connectivity index (χ1n) is 7.17. The van der Waals surface area contributed by atoms with Gasteiger partial charge in [-0.15, -0.1) is 33.2 Å². The van der Waals surface area contributed by atoms with E-state index in [0.29, 0.717) is 17.6 Å². The van der Waals surface area contributed by atoms with Gasteiger partial charge in [-0.1, -0.05) is 13.8 Å². The molecule has 0 fully saturated rings. The summed E-state index contributed by atoms with van der Waals surface area (Å²) >= 11 is 4.77. The zero-order valence-corrected chi connectivity index (χ0v) is 15.1. The lowest BCUT2D eigenvalue weighted by Gasteiger charge is -2.30. The third kappa shape index (κ3) is 5.02. The second-order valence-electron chi connectivity index (χ2n) is 5.60. The third-order valence-electron chi connectivity index (χ3n) is 3.38. The smallest absolute Gasteiger partial charge is 0.294 e. The van der Waals surface area contributed by atoms with Crippen molar-refractivity contribution in [3.05, 3.63) is 21.7 Å². The monoisotopic (exact) mass is 363 g/mol. The minimum Gasteiger partial charge on any atom is -0.314 e. The van der Waals surface area contributed by atoms with Crippen LogP contribution in [-0.4, -0.2) is 23.5 Å². The second-order valence-corrected chi connectivity index (χ2v) is 9.16. The number of thiophene rings is 1. The Balaban J connectivity index is 2.03. The van der Waals surface area contributed by atoms with E-state index < -0.39 is 5.09 Å². The Kier molecular flexibility index (Phi) is 6.82. The molecule has 0 spiro atoms. The Morgan fingerprint density at radius 2 is 2.41 bits per heavy atom. The molecule has 3 N–H and O–H groups in total. The average molecular weight is 364 g/mol. The maximum Gasteiger partial charge on any atom is 0.294 e. The number of nitrogens with zero attached hydrogens (tertiary/aromatic N) is 1. The standard InChI is InChI=1S/C13H21N3O3S3/c1-8(2)7-15-11-5-9(3-4-19-16(17)18)20-13-10(11)6-12(21-13)22-14/h6,8-9,11,15H,3-5,7,14H2,1-2H3. The molecule has 0 saturated heterocycles. The quantitative estimate of drug-likeness (QED) is 0.415. The second kappa shape index (κ2) is 8.39. The Morgan fingerprint density at radius 1 is 1.64 bits per heavy atom. The van der Waals surface area contributed by atoms with Gasteiger partial charge in [0.05, 0.1) is 15.0 Å². The molecule has 6 nitrogen and oxygen atoms in total. The molecule has 9 heteroatoms. The molecule has 22 heavy (non-hydrogen) atoms. The van der Waals surface area contributed by atoms with Crippen LogP contribution in [0.4, 0.5) is 0 Å². The highest BCUT2D eigenvalue weighted by atomic mass is 32.2. The minimum absolute atomic E-state index is 0.154. The maximum atomic E-state index is 10.3. The number of hydrogen-bond acceptors (Lipinski definition) is 8. The first kappa shape index (κ1) is 17.9. The Bertz CT molecular complexity index is 510. The summed E-state index contributed by atoms with van der Waals surface area (Å²) in [6.07, 6.45) is 1.63. The summed E-state index contributed by atoms with van der Waals surface area (Å²) in [7, 11) is 0. The molecule has 2 rings (SSSR count). The lowest BCUT2D eigenvalue weighted by Crippen LogP contribution is -2.30. The van der Waals surface area contributed by atoms with E-state index in [1.807, 2.05) is 0 Å². The highest BCUT2D eigenvalue weighted by Crippen LogP contribution is 2.47. The van der Waals surface area contributed by atoms with E-state index in [4.69, 9.17) is 5.14 Å². The summed E-state index contributed by atoms with van der Waals surface area (Å²) < 4.78 is 2.38. The molecular formula is C13H21N3O3S3. The molecule has 0 aliphatic carbocycles. The molecule has 0 saturated carbocycles. The lowest BCUT2D eigenvalue weighted by atomic mass is 10.0. The van der Waals surface area contributed by atoms with Crippen LogP contribution in [0.5, 0.6) is 0 Å². The number of rotatable bonds is 8. The topological polar surface area (TPSA) is 90.4 Å². The highest BCUT2D eigenvalue weighted by molar-refractivity contribution is 8.03. The molecule has 2 heterocycles. The van der Waals surface area contributed by atoms with E-state index in [1.54, 1.807) is 23.1 Å². The van der Waals surface area contributed by atoms with Crippen molar-refractivity contribution in [1.82, 2.24) is 5.32 Å². The van der Waals surface area contributed by atoms with Crippen LogP contribution in [0.1, 0.15) is 38.3 Å². The number of nitrogens with two attached hydrogens (primary N) is 1. The number of nitrogens with one attached hydrogen (secondary N) is 1. The summed E-state index contributed by atoms with van der Waals surface area (Å²) in [5.74, 6) is 0.580. The number of thioether (sulfide) groups is 1. The third-order valence-corrected chi connectivity index (χ3v) is 6.75. The lowest BCUT2D eigenvalue weighted by molar-refractivity contribution is -0.757. The van der Waals surface area contributed by atoms with Gasteiger partial charge in [0, 0.05) is 11.3 Å². The van der Waals surface area contributed by atoms with Crippen molar-refractivity contribution in [1.29, 1.82) is 0 Å². The van der Waals surface area contributed by atoms with Gasteiger partial charge in [0.25, 0.3) is 5.09 Å². The van der Waals surface area contributed by atoms with Gasteiger partial charge in [0.2, 0.25) is 0 Å². The van der Waals surface area contributed by atoms with Crippen LogP contribution in [0.2, 0.25) is 0 Å². The van der Waals surface area contributed by atoms with E-state index in [-0.39, 0.29) is 12.6 Å². The molecule has 1 aromatic heterocycles. The fraction of sp³-hybridized carbons (Fsp3) is 0.692. The fourth-order valence-corrected chi connectivity index (χ4v) is 5.85. The van der Waals surface area contributed by atoms with Crippen LogP contribution in [0.25, 0.3) is 0 Å². The normalized spacial score (nSPS) is 20.9. The molecule has 1 aliphatic rings. The first-order valence-corrected chi connectivity index (χ1v) is 9.75. The minimum atomic E-state index is -0.721. The van der Waals surface area contributed by atoms with E-state index >= 15 is 0 Å². The van der Waals surface area contributed by atoms with Crippen molar-refractivity contribution in [2.45, 2.75) is 46.4 Å². The Morgan fingerprint density at radius 3 is 3.05 bits per heavy atom. The zero-order chi connectivity index (χ0) is 16.1. The highest BCUT2D eigenvalue weighted by Gasteiger charge is 2.29. The SMILES string of the molecule is CC(C)CNC1CC(CCO[N+](=O)[O-])Sc2sc(SN)cc21. The molecular weight excluding hydrogens is 342 g/mol. The predicted molar refractivity (Wildman–Crippen MR) is 91.8 cm³/mol. The van der Waals surface area contributed by atoms with Crippen molar-refractivity contribution < 1.29 is 9.92 Å². The molecule has 1 aromatic rings. The zero-order valence-electron chi connectivity index (χ0n) is 12.6. The van der Waals surface area contributed by atoms with Gasteiger partial charge in [-0.2, -0.15) is 0 Å². The first-order chi connectivity index (χ1) is 10.5. The van der Waals surface area contributed by atoms with Crippen molar-refractivity contribution in [2.75, 3.05) is 13.2 Å². The van der Waals surface area contributed by atoms with Gasteiger partial charge in [-0.25, -0.2) is 0 Å². The molecule has 0 amide bonds. The van der Waals surface area contributed by atoms with Gasteiger partial charge in [0.15, 0.2) is 0 Å². The Hall–Kier alpha value is -0.480. The molecule has 0 aromatic carbocycles. The van der Waals surface area contributed by atoms with E-state index in [1.165, 1.54) is 21.7 Å². The van der Waals surface area contributed by atoms with Gasteiger partial charge < -0.3 is 10.2 Å². The summed E-state index contributed by atoms with van der Waals surface area (Å²) in [4.78, 5) is 14.7. The van der Waals surface area contributed by atoms with Crippen LogP contribution < -0.4 is 10.5 Å². The predicted octanol–water partition coefficient (Wildman–Crippen LogP) is 3.46. The van der Waals surface area contributed by atoms with Crippen LogP contribution in [0, 0.1) is 16.0 Å². The van der Waals surface area contributed by atoms with Crippen LogP contribution in [0.15, 0.2) is 14.5 Å². The van der Waals surface area contributed by atoms with Gasteiger partial charge in [-0.3, -0.25) is 5.14 Å². The van der Waals surface area contributed by atoms with E-state index in [2.05, 4.69) is 30.1 Å². The molecule has 0 radical (unpaired) electrons.